The van der Waals surface area contributed by atoms with E-state index in [-0.39, 0.29) is 5.91 Å². The molecule has 1 heterocycles. The molecule has 3 heteroatoms. The van der Waals surface area contributed by atoms with E-state index in [0.29, 0.717) is 6.42 Å². The molecule has 1 aromatic heterocycles. The van der Waals surface area contributed by atoms with Crippen LogP contribution >= 0.6 is 0 Å². The quantitative estimate of drug-likeness (QED) is 0.738. The number of nitrogens with two attached hydrogens (primary N) is 1. The number of hydrogen-bond donors (Lipinski definition) is 1. The molecule has 0 aliphatic rings. The fraction of sp³-hybridized carbons (Fsp3) is 0.444. The number of carbonyl (C=O) groups excluding carboxylic acids is 1. The number of hydrogen-bond acceptors (Lipinski definition) is 2. The molecule has 0 atom stereocenters. The van der Waals surface area contributed by atoms with Gasteiger partial charge in [-0.3, -0.25) is 4.79 Å². The van der Waals surface area contributed by atoms with E-state index in [1.807, 2.05) is 6.07 Å². The molecule has 0 aliphatic carbocycles. The fourth-order valence-electron chi connectivity index (χ4n) is 0.936. The summed E-state index contributed by atoms with van der Waals surface area (Å²) in [6.07, 6.45) is 2.14. The third-order valence-electron chi connectivity index (χ3n) is 1.86. The molecule has 12 heavy (non-hydrogen) atoms. The van der Waals surface area contributed by atoms with Crippen LogP contribution in [0.1, 0.15) is 19.6 Å². The third-order valence-corrected chi connectivity index (χ3v) is 1.86. The van der Waals surface area contributed by atoms with E-state index in [0.717, 1.165) is 5.76 Å². The minimum atomic E-state index is -0.530. The van der Waals surface area contributed by atoms with Gasteiger partial charge in [-0.05, 0) is 12.1 Å². The Labute approximate surface area is 71.6 Å². The van der Waals surface area contributed by atoms with Gasteiger partial charge in [-0.25, -0.2) is 0 Å². The lowest BCUT2D eigenvalue weighted by molar-refractivity contribution is -0.126. The van der Waals surface area contributed by atoms with E-state index in [1.165, 1.54) is 0 Å². The molecule has 3 nitrogen and oxygen atoms in total. The Hall–Kier alpha value is -1.25. The smallest absolute Gasteiger partial charge is 0.223 e. The van der Waals surface area contributed by atoms with Crippen molar-refractivity contribution in [1.29, 1.82) is 0 Å². The van der Waals surface area contributed by atoms with E-state index >= 15 is 0 Å². The molecular formula is C9H13NO2. The maximum Gasteiger partial charge on any atom is 0.223 e. The van der Waals surface area contributed by atoms with Crippen LogP contribution in [-0.2, 0) is 11.2 Å². The van der Waals surface area contributed by atoms with Gasteiger partial charge in [-0.1, -0.05) is 13.8 Å². The van der Waals surface area contributed by atoms with E-state index < -0.39 is 5.41 Å². The van der Waals surface area contributed by atoms with Gasteiger partial charge in [0.05, 0.1) is 11.7 Å². The van der Waals surface area contributed by atoms with Crippen molar-refractivity contribution in [1.82, 2.24) is 0 Å². The first-order valence-corrected chi connectivity index (χ1v) is 3.85. The Morgan fingerprint density at radius 3 is 2.75 bits per heavy atom. The van der Waals surface area contributed by atoms with E-state index in [1.54, 1.807) is 26.2 Å². The van der Waals surface area contributed by atoms with E-state index in [4.69, 9.17) is 10.2 Å². The SMILES string of the molecule is CC(C)(Cc1ccco1)C(N)=O. The molecule has 0 fully saturated rings. The van der Waals surface area contributed by atoms with E-state index in [2.05, 4.69) is 0 Å². The van der Waals surface area contributed by atoms with Crippen LogP contribution in [0.15, 0.2) is 22.8 Å². The number of amides is 1. The summed E-state index contributed by atoms with van der Waals surface area (Å²) in [6.45, 7) is 3.61. The van der Waals surface area contributed by atoms with Gasteiger partial charge in [0, 0.05) is 6.42 Å². The van der Waals surface area contributed by atoms with Gasteiger partial charge in [0.15, 0.2) is 0 Å². The first kappa shape index (κ1) is 8.84. The second-order valence-corrected chi connectivity index (χ2v) is 3.50. The number of primary amides is 1. The molecule has 0 unspecified atom stereocenters. The summed E-state index contributed by atoms with van der Waals surface area (Å²) in [5.74, 6) is 0.484. The maximum atomic E-state index is 10.9. The molecule has 0 radical (unpaired) electrons. The molecule has 0 aromatic carbocycles. The minimum Gasteiger partial charge on any atom is -0.469 e. The Bertz CT molecular complexity index is 262. The monoisotopic (exact) mass is 167 g/mol. The van der Waals surface area contributed by atoms with Crippen LogP contribution in [0.3, 0.4) is 0 Å². The molecule has 0 saturated heterocycles. The largest absolute Gasteiger partial charge is 0.469 e. The predicted octanol–water partition coefficient (Wildman–Crippen LogP) is 1.33. The van der Waals surface area contributed by atoms with Gasteiger partial charge in [0.25, 0.3) is 0 Å². The molecule has 1 aromatic rings. The average molecular weight is 167 g/mol. The van der Waals surface area contributed by atoms with Gasteiger partial charge in [-0.15, -0.1) is 0 Å². The molecule has 1 amide bonds. The highest BCUT2D eigenvalue weighted by atomic mass is 16.3. The van der Waals surface area contributed by atoms with Gasteiger partial charge in [0.2, 0.25) is 5.91 Å². The minimum absolute atomic E-state index is 0.307. The topological polar surface area (TPSA) is 56.2 Å². The summed E-state index contributed by atoms with van der Waals surface area (Å²) < 4.78 is 5.11. The lowest BCUT2D eigenvalue weighted by Crippen LogP contribution is -2.33. The first-order chi connectivity index (χ1) is 5.52. The predicted molar refractivity (Wildman–Crippen MR) is 45.4 cm³/mol. The van der Waals surface area contributed by atoms with Crippen LogP contribution in [0.25, 0.3) is 0 Å². The fourth-order valence-corrected chi connectivity index (χ4v) is 0.936. The summed E-state index contributed by atoms with van der Waals surface area (Å²) >= 11 is 0. The Morgan fingerprint density at radius 1 is 1.67 bits per heavy atom. The third kappa shape index (κ3) is 1.87. The Balaban J connectivity index is 2.69. The van der Waals surface area contributed by atoms with Gasteiger partial charge < -0.3 is 10.2 Å². The Morgan fingerprint density at radius 2 is 2.33 bits per heavy atom. The molecule has 66 valence electrons. The van der Waals surface area contributed by atoms with Gasteiger partial charge in [-0.2, -0.15) is 0 Å². The zero-order valence-corrected chi connectivity index (χ0v) is 7.33. The maximum absolute atomic E-state index is 10.9. The van der Waals surface area contributed by atoms with Crippen molar-refractivity contribution in [2.24, 2.45) is 11.1 Å². The lowest BCUT2D eigenvalue weighted by atomic mass is 9.87. The van der Waals surface area contributed by atoms with Crippen molar-refractivity contribution in [3.8, 4) is 0 Å². The zero-order valence-electron chi connectivity index (χ0n) is 7.33. The summed E-state index contributed by atoms with van der Waals surface area (Å²) in [4.78, 5) is 10.9. The van der Waals surface area contributed by atoms with Crippen molar-refractivity contribution in [3.63, 3.8) is 0 Å². The Kier molecular flexibility index (Phi) is 2.22. The number of rotatable bonds is 3. The van der Waals surface area contributed by atoms with Crippen molar-refractivity contribution in [2.75, 3.05) is 0 Å². The zero-order chi connectivity index (χ0) is 9.19. The van der Waals surface area contributed by atoms with Crippen LogP contribution in [-0.4, -0.2) is 5.91 Å². The number of furan rings is 1. The second kappa shape index (κ2) is 3.01. The number of carbonyl (C=O) groups is 1. The first-order valence-electron chi connectivity index (χ1n) is 3.85. The lowest BCUT2D eigenvalue weighted by Gasteiger charge is -2.18. The molecule has 1 rings (SSSR count). The van der Waals surface area contributed by atoms with Crippen LogP contribution in [0.5, 0.6) is 0 Å². The average Bonchev–Trinajstić information content (AvgIpc) is 2.38. The van der Waals surface area contributed by atoms with Crippen LogP contribution < -0.4 is 5.73 Å². The van der Waals surface area contributed by atoms with E-state index in [9.17, 15) is 4.79 Å². The standard InChI is InChI=1S/C9H13NO2/c1-9(2,8(10)11)6-7-4-3-5-12-7/h3-5H,6H2,1-2H3,(H2,10,11). The molecular weight excluding hydrogens is 154 g/mol. The highest BCUT2D eigenvalue weighted by molar-refractivity contribution is 5.80. The molecule has 0 saturated carbocycles. The van der Waals surface area contributed by atoms with Gasteiger partial charge >= 0.3 is 0 Å². The second-order valence-electron chi connectivity index (χ2n) is 3.50. The summed E-state index contributed by atoms with van der Waals surface area (Å²) in [7, 11) is 0. The highest BCUT2D eigenvalue weighted by Gasteiger charge is 2.26. The summed E-state index contributed by atoms with van der Waals surface area (Å²) in [5, 5.41) is 0. The molecule has 2 N–H and O–H groups in total. The van der Waals surface area contributed by atoms with Crippen molar-refractivity contribution in [2.45, 2.75) is 20.3 Å². The van der Waals surface area contributed by atoms with Crippen LogP contribution in [0.2, 0.25) is 0 Å². The highest BCUT2D eigenvalue weighted by Crippen LogP contribution is 2.21. The molecule has 0 bridgehead atoms. The summed E-state index contributed by atoms with van der Waals surface area (Å²) in [5.41, 5.74) is 4.68. The summed E-state index contributed by atoms with van der Waals surface area (Å²) in [6, 6.07) is 3.64. The van der Waals surface area contributed by atoms with Crippen molar-refractivity contribution < 1.29 is 9.21 Å². The van der Waals surface area contributed by atoms with Crippen molar-refractivity contribution >= 4 is 5.91 Å². The van der Waals surface area contributed by atoms with Crippen molar-refractivity contribution in [3.05, 3.63) is 24.2 Å². The van der Waals surface area contributed by atoms with Crippen LogP contribution in [0, 0.1) is 5.41 Å². The van der Waals surface area contributed by atoms with Gasteiger partial charge in [0.1, 0.15) is 5.76 Å². The van der Waals surface area contributed by atoms with Crippen LogP contribution in [0.4, 0.5) is 0 Å². The normalized spacial score (nSPS) is 11.5. The molecule has 0 spiro atoms. The molecule has 0 aliphatic heterocycles.